The van der Waals surface area contributed by atoms with Crippen molar-refractivity contribution in [1.29, 1.82) is 0 Å². The maximum atomic E-state index is 12.0. The predicted molar refractivity (Wildman–Crippen MR) is 71.0 cm³/mol. The first-order valence-corrected chi connectivity index (χ1v) is 6.37. The van der Waals surface area contributed by atoms with Gasteiger partial charge in [0, 0.05) is 21.6 Å². The molecule has 0 radical (unpaired) electrons. The van der Waals surface area contributed by atoms with Gasteiger partial charge in [-0.1, -0.05) is 31.9 Å². The van der Waals surface area contributed by atoms with Crippen molar-refractivity contribution in [2.24, 2.45) is 0 Å². The summed E-state index contributed by atoms with van der Waals surface area (Å²) in [5.41, 5.74) is 0.432. The monoisotopic (exact) mass is 363 g/mol. The number of amides is 1. The van der Waals surface area contributed by atoms with Crippen molar-refractivity contribution in [3.63, 3.8) is 0 Å². The van der Waals surface area contributed by atoms with Crippen LogP contribution in [-0.4, -0.2) is 35.0 Å². The highest BCUT2D eigenvalue weighted by atomic mass is 79.9. The fourth-order valence-corrected chi connectivity index (χ4v) is 2.52. The topological polar surface area (TPSA) is 57.6 Å². The van der Waals surface area contributed by atoms with Gasteiger partial charge in [0.15, 0.2) is 0 Å². The Hall–Kier alpha value is -0.880. The molecule has 1 aromatic rings. The van der Waals surface area contributed by atoms with Gasteiger partial charge in [-0.05, 0) is 25.1 Å². The van der Waals surface area contributed by atoms with E-state index < -0.39 is 12.0 Å². The first-order valence-electron chi connectivity index (χ1n) is 4.79. The molecule has 0 spiro atoms. The molecule has 1 N–H and O–H groups in total. The zero-order valence-electron chi connectivity index (χ0n) is 9.28. The van der Waals surface area contributed by atoms with E-state index in [-0.39, 0.29) is 5.91 Å². The normalized spacial score (nSPS) is 12.0. The average molecular weight is 365 g/mol. The third-order valence-corrected chi connectivity index (χ3v) is 3.28. The molecule has 0 fully saturated rings. The molecule has 0 aliphatic heterocycles. The summed E-state index contributed by atoms with van der Waals surface area (Å²) < 4.78 is 1.51. The summed E-state index contributed by atoms with van der Waals surface area (Å²) in [6.07, 6.45) is 0. The number of likely N-dealkylation sites (N-methyl/N-ethyl adjacent to an activating group) is 1. The summed E-state index contributed by atoms with van der Waals surface area (Å²) in [5, 5.41) is 8.84. The van der Waals surface area contributed by atoms with Crippen LogP contribution in [0.4, 0.5) is 0 Å². The minimum Gasteiger partial charge on any atom is -0.480 e. The van der Waals surface area contributed by atoms with E-state index in [0.29, 0.717) is 5.56 Å². The third kappa shape index (κ3) is 3.54. The van der Waals surface area contributed by atoms with Gasteiger partial charge in [0.2, 0.25) is 0 Å². The van der Waals surface area contributed by atoms with E-state index in [2.05, 4.69) is 31.9 Å². The van der Waals surface area contributed by atoms with Crippen LogP contribution in [-0.2, 0) is 4.79 Å². The van der Waals surface area contributed by atoms with Gasteiger partial charge in [0.25, 0.3) is 5.91 Å². The van der Waals surface area contributed by atoms with Gasteiger partial charge in [0.05, 0.1) is 0 Å². The predicted octanol–water partition coefficient (Wildman–Crippen LogP) is 2.76. The minimum absolute atomic E-state index is 0.332. The van der Waals surface area contributed by atoms with Gasteiger partial charge >= 0.3 is 5.97 Å². The van der Waals surface area contributed by atoms with Crippen molar-refractivity contribution in [1.82, 2.24) is 4.90 Å². The number of carboxylic acids is 1. The number of nitrogens with zero attached hydrogens (tertiary/aromatic N) is 1. The number of halogens is 2. The number of rotatable bonds is 3. The number of carboxylic acid groups (broad SMARTS) is 1. The molecule has 0 saturated carbocycles. The average Bonchev–Trinajstić information content (AvgIpc) is 2.24. The molecule has 1 amide bonds. The van der Waals surface area contributed by atoms with Gasteiger partial charge in [-0.2, -0.15) is 0 Å². The summed E-state index contributed by atoms with van der Waals surface area (Å²) in [5.74, 6) is -1.36. The Morgan fingerprint density at radius 1 is 1.24 bits per heavy atom. The first-order chi connectivity index (χ1) is 7.82. The van der Waals surface area contributed by atoms with E-state index >= 15 is 0 Å². The Kier molecular flexibility index (Phi) is 4.70. The lowest BCUT2D eigenvalue weighted by atomic mass is 10.2. The van der Waals surface area contributed by atoms with Gasteiger partial charge < -0.3 is 10.0 Å². The molecule has 92 valence electrons. The van der Waals surface area contributed by atoms with Crippen LogP contribution < -0.4 is 0 Å². The second-order valence-electron chi connectivity index (χ2n) is 3.59. The van der Waals surface area contributed by atoms with E-state index in [9.17, 15) is 9.59 Å². The zero-order chi connectivity index (χ0) is 13.2. The molecular formula is C11H11Br2NO3. The van der Waals surface area contributed by atoms with Crippen LogP contribution >= 0.6 is 31.9 Å². The lowest BCUT2D eigenvalue weighted by Crippen LogP contribution is -2.40. The molecule has 1 atom stereocenters. The number of benzene rings is 1. The van der Waals surface area contributed by atoms with Crippen LogP contribution in [0.5, 0.6) is 0 Å². The largest absolute Gasteiger partial charge is 0.480 e. The quantitative estimate of drug-likeness (QED) is 0.897. The summed E-state index contributed by atoms with van der Waals surface area (Å²) in [7, 11) is 1.47. The van der Waals surface area contributed by atoms with Crippen LogP contribution in [0.15, 0.2) is 27.1 Å². The van der Waals surface area contributed by atoms with Crippen molar-refractivity contribution in [2.45, 2.75) is 13.0 Å². The fraction of sp³-hybridized carbons (Fsp3) is 0.273. The molecule has 0 aliphatic rings. The summed E-state index contributed by atoms with van der Waals surface area (Å²) in [6, 6.07) is 4.24. The molecule has 17 heavy (non-hydrogen) atoms. The number of aliphatic carboxylic acids is 1. The molecule has 0 heterocycles. The SMILES string of the molecule is CC(C(=O)O)N(C)C(=O)c1cc(Br)cc(Br)c1. The molecular weight excluding hydrogens is 354 g/mol. The van der Waals surface area contributed by atoms with Crippen LogP contribution in [0.3, 0.4) is 0 Å². The highest BCUT2D eigenvalue weighted by molar-refractivity contribution is 9.11. The summed E-state index contributed by atoms with van der Waals surface area (Å²) in [4.78, 5) is 24.0. The lowest BCUT2D eigenvalue weighted by molar-refractivity contribution is -0.141. The summed E-state index contributed by atoms with van der Waals surface area (Å²) >= 11 is 6.56. The van der Waals surface area contributed by atoms with Gasteiger partial charge in [-0.3, -0.25) is 4.79 Å². The van der Waals surface area contributed by atoms with Gasteiger partial charge in [-0.15, -0.1) is 0 Å². The molecule has 1 aromatic carbocycles. The number of hydrogen-bond donors (Lipinski definition) is 1. The molecule has 0 aliphatic carbocycles. The van der Waals surface area contributed by atoms with E-state index in [1.165, 1.54) is 18.9 Å². The fourth-order valence-electron chi connectivity index (χ4n) is 1.22. The highest BCUT2D eigenvalue weighted by Crippen LogP contribution is 2.21. The van der Waals surface area contributed by atoms with Crippen LogP contribution in [0.1, 0.15) is 17.3 Å². The Morgan fingerprint density at radius 2 is 1.71 bits per heavy atom. The van der Waals surface area contributed by atoms with Crippen LogP contribution in [0.2, 0.25) is 0 Å². The third-order valence-electron chi connectivity index (χ3n) is 2.37. The second kappa shape index (κ2) is 5.64. The first kappa shape index (κ1) is 14.2. The van der Waals surface area contributed by atoms with E-state index in [1.54, 1.807) is 18.2 Å². The zero-order valence-corrected chi connectivity index (χ0v) is 12.4. The van der Waals surface area contributed by atoms with E-state index in [1.807, 2.05) is 0 Å². The molecule has 1 rings (SSSR count). The van der Waals surface area contributed by atoms with Crippen molar-refractivity contribution in [2.75, 3.05) is 7.05 Å². The van der Waals surface area contributed by atoms with Crippen molar-refractivity contribution in [3.8, 4) is 0 Å². The number of carbonyl (C=O) groups excluding carboxylic acids is 1. The van der Waals surface area contributed by atoms with Gasteiger partial charge in [-0.25, -0.2) is 4.79 Å². The van der Waals surface area contributed by atoms with Crippen molar-refractivity contribution in [3.05, 3.63) is 32.7 Å². The molecule has 1 unspecified atom stereocenters. The van der Waals surface area contributed by atoms with Crippen molar-refractivity contribution >= 4 is 43.7 Å². The Bertz CT molecular complexity index is 442. The minimum atomic E-state index is -1.03. The Labute approximate surface area is 116 Å². The van der Waals surface area contributed by atoms with E-state index in [4.69, 9.17) is 5.11 Å². The second-order valence-corrected chi connectivity index (χ2v) is 5.42. The van der Waals surface area contributed by atoms with Crippen molar-refractivity contribution < 1.29 is 14.7 Å². The van der Waals surface area contributed by atoms with Crippen LogP contribution in [0, 0.1) is 0 Å². The molecule has 6 heteroatoms. The molecule has 0 aromatic heterocycles. The smallest absolute Gasteiger partial charge is 0.326 e. The maximum Gasteiger partial charge on any atom is 0.326 e. The van der Waals surface area contributed by atoms with Crippen LogP contribution in [0.25, 0.3) is 0 Å². The highest BCUT2D eigenvalue weighted by Gasteiger charge is 2.23. The molecule has 4 nitrogen and oxygen atoms in total. The Balaban J connectivity index is 3.00. The molecule has 0 bridgehead atoms. The maximum absolute atomic E-state index is 12.0. The lowest BCUT2D eigenvalue weighted by Gasteiger charge is -2.21. The van der Waals surface area contributed by atoms with E-state index in [0.717, 1.165) is 8.95 Å². The molecule has 0 saturated heterocycles. The Morgan fingerprint density at radius 3 is 2.12 bits per heavy atom. The van der Waals surface area contributed by atoms with Gasteiger partial charge in [0.1, 0.15) is 6.04 Å². The number of carbonyl (C=O) groups is 2. The summed E-state index contributed by atoms with van der Waals surface area (Å²) in [6.45, 7) is 1.47. The standard InChI is InChI=1S/C11H11Br2NO3/c1-6(11(16)17)14(2)10(15)7-3-8(12)5-9(13)4-7/h3-6H,1-2H3,(H,16,17). The number of hydrogen-bond acceptors (Lipinski definition) is 2.